The Kier molecular flexibility index (Phi) is 5.52. The average Bonchev–Trinajstić information content (AvgIpc) is 3.58. The number of benzene rings is 6. The van der Waals surface area contributed by atoms with Crippen LogP contribution in [-0.2, 0) is 0 Å². The second-order valence-electron chi connectivity index (χ2n) is 12.0. The molecular weight excluding hydrogens is 512 g/mol. The number of rotatable bonds is 4. The molecular formula is C39H32N2O. The Balaban J connectivity index is 1.46. The molecule has 3 nitrogen and oxygen atoms in total. The maximum Gasteiger partial charge on any atom is 0.145 e. The van der Waals surface area contributed by atoms with E-state index in [0.717, 1.165) is 44.4 Å². The van der Waals surface area contributed by atoms with E-state index in [0.29, 0.717) is 11.8 Å². The van der Waals surface area contributed by atoms with Crippen molar-refractivity contribution in [2.75, 3.05) is 0 Å². The summed E-state index contributed by atoms with van der Waals surface area (Å²) < 4.78 is 8.81. The van der Waals surface area contributed by atoms with E-state index in [1.54, 1.807) is 0 Å². The van der Waals surface area contributed by atoms with Gasteiger partial charge in [0.25, 0.3) is 0 Å². The molecule has 0 saturated heterocycles. The zero-order valence-corrected chi connectivity index (χ0v) is 24.3. The summed E-state index contributed by atoms with van der Waals surface area (Å²) in [6, 6.07) is 39.1. The smallest absolute Gasteiger partial charge is 0.145 e. The Morgan fingerprint density at radius 1 is 0.595 bits per heavy atom. The molecule has 0 fully saturated rings. The van der Waals surface area contributed by atoms with Crippen LogP contribution in [0.2, 0.25) is 0 Å². The normalized spacial score (nSPS) is 12.2. The SMILES string of the molecule is CC(C)c1cccc(C(C)C)c1-n1c(-c2ccc3oc4ccc5c6ccccc6ccc5c4c3c2)nc2ccccc21. The molecule has 0 amide bonds. The number of hydrogen-bond donors (Lipinski definition) is 0. The van der Waals surface area contributed by atoms with Crippen LogP contribution in [0.25, 0.3) is 71.6 Å². The number of aromatic nitrogens is 2. The van der Waals surface area contributed by atoms with Crippen LogP contribution in [0, 0.1) is 0 Å². The number of para-hydroxylation sites is 3. The largest absolute Gasteiger partial charge is 0.456 e. The Hall–Kier alpha value is -4.89. The first-order valence-electron chi connectivity index (χ1n) is 14.9. The van der Waals surface area contributed by atoms with Gasteiger partial charge in [-0.15, -0.1) is 0 Å². The lowest BCUT2D eigenvalue weighted by atomic mass is 9.92. The van der Waals surface area contributed by atoms with Gasteiger partial charge in [-0.05, 0) is 80.9 Å². The summed E-state index contributed by atoms with van der Waals surface area (Å²) in [6.07, 6.45) is 0. The molecule has 42 heavy (non-hydrogen) atoms. The van der Waals surface area contributed by atoms with E-state index in [1.165, 1.54) is 38.4 Å². The molecule has 0 aliphatic heterocycles. The molecule has 8 aromatic rings. The lowest BCUT2D eigenvalue weighted by Gasteiger charge is -2.22. The van der Waals surface area contributed by atoms with E-state index in [-0.39, 0.29) is 0 Å². The fourth-order valence-corrected chi connectivity index (χ4v) is 6.72. The van der Waals surface area contributed by atoms with Gasteiger partial charge in [0.1, 0.15) is 17.0 Å². The standard InChI is InChI=1S/C39H32N2O/c1-23(2)27-12-9-13-28(24(3)4)38(27)41-34-15-8-7-14-33(34)40-39(41)26-17-20-35-32(22-26)37-31-18-16-25-10-5-6-11-29(25)30(31)19-21-36(37)42-35/h5-24H,1-4H3. The van der Waals surface area contributed by atoms with Gasteiger partial charge in [-0.2, -0.15) is 0 Å². The summed E-state index contributed by atoms with van der Waals surface area (Å²) in [5, 5.41) is 7.23. The molecule has 0 bridgehead atoms. The number of hydrogen-bond acceptors (Lipinski definition) is 2. The summed E-state index contributed by atoms with van der Waals surface area (Å²) >= 11 is 0. The van der Waals surface area contributed by atoms with Crippen LogP contribution < -0.4 is 0 Å². The van der Waals surface area contributed by atoms with Crippen molar-refractivity contribution in [3.63, 3.8) is 0 Å². The highest BCUT2D eigenvalue weighted by Crippen LogP contribution is 2.41. The van der Waals surface area contributed by atoms with Crippen LogP contribution in [0.4, 0.5) is 0 Å². The minimum absolute atomic E-state index is 0.370. The monoisotopic (exact) mass is 544 g/mol. The molecule has 0 saturated carbocycles. The molecule has 0 unspecified atom stereocenters. The second-order valence-corrected chi connectivity index (χ2v) is 12.0. The van der Waals surface area contributed by atoms with Crippen LogP contribution in [0.15, 0.2) is 114 Å². The maximum atomic E-state index is 6.41. The van der Waals surface area contributed by atoms with Crippen molar-refractivity contribution >= 4 is 54.5 Å². The van der Waals surface area contributed by atoms with Crippen molar-refractivity contribution in [1.29, 1.82) is 0 Å². The third-order valence-corrected chi connectivity index (χ3v) is 8.74. The summed E-state index contributed by atoms with van der Waals surface area (Å²) in [6.45, 7) is 9.11. The van der Waals surface area contributed by atoms with Crippen molar-refractivity contribution in [2.45, 2.75) is 39.5 Å². The van der Waals surface area contributed by atoms with Crippen molar-refractivity contribution in [3.05, 3.63) is 120 Å². The summed E-state index contributed by atoms with van der Waals surface area (Å²) in [5.74, 6) is 1.69. The summed E-state index contributed by atoms with van der Waals surface area (Å²) in [4.78, 5) is 5.27. The first kappa shape index (κ1) is 24.9. The minimum Gasteiger partial charge on any atom is -0.456 e. The van der Waals surface area contributed by atoms with E-state index in [4.69, 9.17) is 9.40 Å². The molecule has 8 rings (SSSR count). The van der Waals surface area contributed by atoms with E-state index in [1.807, 2.05) is 0 Å². The maximum absolute atomic E-state index is 6.41. The van der Waals surface area contributed by atoms with Gasteiger partial charge in [-0.3, -0.25) is 4.57 Å². The highest BCUT2D eigenvalue weighted by Gasteiger charge is 2.23. The van der Waals surface area contributed by atoms with Gasteiger partial charge in [-0.1, -0.05) is 100 Å². The molecule has 6 aromatic carbocycles. The Morgan fingerprint density at radius 3 is 2.12 bits per heavy atom. The minimum atomic E-state index is 0.370. The quantitative estimate of drug-likeness (QED) is 0.206. The molecule has 0 N–H and O–H groups in total. The number of furan rings is 1. The highest BCUT2D eigenvalue weighted by atomic mass is 16.3. The fraction of sp³-hybridized carbons (Fsp3) is 0.154. The third-order valence-electron chi connectivity index (χ3n) is 8.74. The predicted molar refractivity (Wildman–Crippen MR) is 177 cm³/mol. The van der Waals surface area contributed by atoms with Gasteiger partial charge in [0.05, 0.1) is 16.7 Å². The Labute approximate surface area is 245 Å². The van der Waals surface area contributed by atoms with E-state index in [9.17, 15) is 0 Å². The van der Waals surface area contributed by atoms with Crippen molar-refractivity contribution < 1.29 is 4.42 Å². The molecule has 0 radical (unpaired) electrons. The van der Waals surface area contributed by atoms with Gasteiger partial charge in [-0.25, -0.2) is 4.98 Å². The van der Waals surface area contributed by atoms with Gasteiger partial charge < -0.3 is 4.42 Å². The lowest BCUT2D eigenvalue weighted by Crippen LogP contribution is -2.08. The Morgan fingerprint density at radius 2 is 1.31 bits per heavy atom. The average molecular weight is 545 g/mol. The number of nitrogens with zero attached hydrogens (tertiary/aromatic N) is 2. The lowest BCUT2D eigenvalue weighted by molar-refractivity contribution is 0.669. The second kappa shape index (κ2) is 9.32. The molecule has 0 atom stereocenters. The first-order chi connectivity index (χ1) is 20.5. The topological polar surface area (TPSA) is 31.0 Å². The fourth-order valence-electron chi connectivity index (χ4n) is 6.72. The molecule has 0 spiro atoms. The molecule has 2 heterocycles. The predicted octanol–water partition coefficient (Wildman–Crippen LogP) is 11.1. The summed E-state index contributed by atoms with van der Waals surface area (Å²) in [7, 11) is 0. The zero-order chi connectivity index (χ0) is 28.5. The third kappa shape index (κ3) is 3.63. The van der Waals surface area contributed by atoms with E-state index in [2.05, 4.69) is 141 Å². The van der Waals surface area contributed by atoms with Crippen LogP contribution in [-0.4, -0.2) is 9.55 Å². The van der Waals surface area contributed by atoms with E-state index >= 15 is 0 Å². The van der Waals surface area contributed by atoms with Gasteiger partial charge in [0.2, 0.25) is 0 Å². The van der Waals surface area contributed by atoms with Crippen LogP contribution in [0.5, 0.6) is 0 Å². The molecule has 204 valence electrons. The van der Waals surface area contributed by atoms with Crippen LogP contribution >= 0.6 is 0 Å². The van der Waals surface area contributed by atoms with Crippen LogP contribution in [0.1, 0.15) is 50.7 Å². The molecule has 2 aromatic heterocycles. The number of imidazole rings is 1. The highest BCUT2D eigenvalue weighted by molar-refractivity contribution is 6.24. The van der Waals surface area contributed by atoms with Crippen molar-refractivity contribution in [2.24, 2.45) is 0 Å². The van der Waals surface area contributed by atoms with Crippen molar-refractivity contribution in [3.8, 4) is 17.1 Å². The zero-order valence-electron chi connectivity index (χ0n) is 24.3. The number of fused-ring (bicyclic) bond motifs is 8. The molecule has 0 aliphatic rings. The molecule has 0 aliphatic carbocycles. The van der Waals surface area contributed by atoms with Gasteiger partial charge in [0, 0.05) is 16.3 Å². The first-order valence-corrected chi connectivity index (χ1v) is 14.9. The van der Waals surface area contributed by atoms with Crippen molar-refractivity contribution in [1.82, 2.24) is 9.55 Å². The summed E-state index contributed by atoms with van der Waals surface area (Å²) in [5.41, 5.74) is 8.91. The molecule has 3 heteroatoms. The van der Waals surface area contributed by atoms with E-state index < -0.39 is 0 Å². The van der Waals surface area contributed by atoms with Gasteiger partial charge >= 0.3 is 0 Å². The van der Waals surface area contributed by atoms with Gasteiger partial charge in [0.15, 0.2) is 0 Å². The van der Waals surface area contributed by atoms with Crippen LogP contribution in [0.3, 0.4) is 0 Å². The Bertz CT molecular complexity index is 2290.